The first-order valence-corrected chi connectivity index (χ1v) is 10.4. The molecule has 10 nitrogen and oxygen atoms in total. The predicted octanol–water partition coefficient (Wildman–Crippen LogP) is 1.50. The number of benzene rings is 2. The van der Waals surface area contributed by atoms with E-state index in [2.05, 4.69) is 10.4 Å². The summed E-state index contributed by atoms with van der Waals surface area (Å²) in [6, 6.07) is 14.6. The molecule has 1 amide bonds. The van der Waals surface area contributed by atoms with E-state index in [1.807, 2.05) is 12.1 Å². The van der Waals surface area contributed by atoms with E-state index in [0.29, 0.717) is 11.3 Å². The number of rotatable bonds is 6. The van der Waals surface area contributed by atoms with Gasteiger partial charge in [0.25, 0.3) is 5.91 Å². The van der Waals surface area contributed by atoms with Gasteiger partial charge in [0.2, 0.25) is 10.0 Å². The summed E-state index contributed by atoms with van der Waals surface area (Å²) in [4.78, 5) is 24.4. The smallest absolute Gasteiger partial charge is 0.338 e. The average molecular weight is 439 g/mol. The SMILES string of the molecule is Cc1ccc(C(=O)OCC(=O)Nc2c(C#N)cnn2-c2ccccc2)cc1S(N)(=O)=O. The Labute approximate surface area is 177 Å². The van der Waals surface area contributed by atoms with Crippen LogP contribution in [0.5, 0.6) is 0 Å². The van der Waals surface area contributed by atoms with Crippen LogP contribution < -0.4 is 10.5 Å². The molecule has 0 saturated carbocycles. The monoisotopic (exact) mass is 439 g/mol. The van der Waals surface area contributed by atoms with Crippen LogP contribution in [-0.4, -0.2) is 36.7 Å². The van der Waals surface area contributed by atoms with E-state index >= 15 is 0 Å². The molecule has 0 spiro atoms. The van der Waals surface area contributed by atoms with Crippen molar-refractivity contribution in [3.05, 3.63) is 71.4 Å². The third-order valence-corrected chi connectivity index (χ3v) is 5.27. The van der Waals surface area contributed by atoms with Crippen molar-refractivity contribution >= 4 is 27.7 Å². The minimum absolute atomic E-state index is 0.0746. The number of esters is 1. The fourth-order valence-electron chi connectivity index (χ4n) is 2.73. The van der Waals surface area contributed by atoms with Gasteiger partial charge in [0.05, 0.1) is 22.3 Å². The Balaban J connectivity index is 1.73. The first-order valence-electron chi connectivity index (χ1n) is 8.84. The van der Waals surface area contributed by atoms with Gasteiger partial charge in [-0.3, -0.25) is 4.79 Å². The van der Waals surface area contributed by atoms with Gasteiger partial charge in [0.1, 0.15) is 11.6 Å². The number of sulfonamides is 1. The number of hydrogen-bond acceptors (Lipinski definition) is 7. The van der Waals surface area contributed by atoms with Gasteiger partial charge in [-0.05, 0) is 36.8 Å². The summed E-state index contributed by atoms with van der Waals surface area (Å²) in [6.07, 6.45) is 1.30. The normalized spacial score (nSPS) is 10.9. The van der Waals surface area contributed by atoms with Crippen molar-refractivity contribution in [3.8, 4) is 11.8 Å². The lowest BCUT2D eigenvalue weighted by atomic mass is 10.1. The van der Waals surface area contributed by atoms with E-state index in [0.717, 1.165) is 6.07 Å². The quantitative estimate of drug-likeness (QED) is 0.551. The maximum atomic E-state index is 12.3. The van der Waals surface area contributed by atoms with Crippen molar-refractivity contribution in [2.24, 2.45) is 5.14 Å². The molecule has 3 rings (SSSR count). The predicted molar refractivity (Wildman–Crippen MR) is 110 cm³/mol. The second-order valence-corrected chi connectivity index (χ2v) is 7.95. The van der Waals surface area contributed by atoms with E-state index in [9.17, 15) is 23.3 Å². The highest BCUT2D eigenvalue weighted by molar-refractivity contribution is 7.89. The highest BCUT2D eigenvalue weighted by Crippen LogP contribution is 2.20. The third kappa shape index (κ3) is 4.95. The number of aromatic nitrogens is 2. The molecule has 1 aromatic heterocycles. The molecular formula is C20H17N5O5S. The number of anilines is 1. The standard InChI is InChI=1S/C20H17N5O5S/c1-13-7-8-14(9-17(13)31(22,28)29)20(27)30-12-18(26)24-19-15(10-21)11-23-25(19)16-5-3-2-4-6-16/h2-9,11H,12H2,1H3,(H,24,26)(H2,22,28,29). The molecule has 0 aliphatic carbocycles. The van der Waals surface area contributed by atoms with Gasteiger partial charge < -0.3 is 10.1 Å². The van der Waals surface area contributed by atoms with E-state index in [-0.39, 0.29) is 21.8 Å². The van der Waals surface area contributed by atoms with Crippen LogP contribution in [-0.2, 0) is 19.6 Å². The number of ether oxygens (including phenoxy) is 1. The van der Waals surface area contributed by atoms with Gasteiger partial charge in [-0.1, -0.05) is 24.3 Å². The maximum Gasteiger partial charge on any atom is 0.338 e. The van der Waals surface area contributed by atoms with Crippen molar-refractivity contribution in [2.75, 3.05) is 11.9 Å². The number of amides is 1. The van der Waals surface area contributed by atoms with Crippen LogP contribution in [0.25, 0.3) is 5.69 Å². The molecule has 0 aliphatic heterocycles. The Morgan fingerprint density at radius 3 is 2.58 bits per heavy atom. The zero-order chi connectivity index (χ0) is 22.6. The van der Waals surface area contributed by atoms with E-state index in [4.69, 9.17) is 9.88 Å². The highest BCUT2D eigenvalue weighted by Gasteiger charge is 2.19. The summed E-state index contributed by atoms with van der Waals surface area (Å²) >= 11 is 0. The highest BCUT2D eigenvalue weighted by atomic mass is 32.2. The zero-order valence-electron chi connectivity index (χ0n) is 16.3. The fraction of sp³-hybridized carbons (Fsp3) is 0.100. The van der Waals surface area contributed by atoms with Gasteiger partial charge in [0, 0.05) is 0 Å². The largest absolute Gasteiger partial charge is 0.452 e. The Kier molecular flexibility index (Phi) is 6.15. The molecule has 0 saturated heterocycles. The summed E-state index contributed by atoms with van der Waals surface area (Å²) in [5.41, 5.74) is 1.04. The number of nitrogens with two attached hydrogens (primary N) is 1. The minimum atomic E-state index is -4.02. The van der Waals surface area contributed by atoms with Crippen LogP contribution in [0.2, 0.25) is 0 Å². The van der Waals surface area contributed by atoms with Crippen LogP contribution in [0.4, 0.5) is 5.82 Å². The molecule has 11 heteroatoms. The van der Waals surface area contributed by atoms with Gasteiger partial charge in [-0.15, -0.1) is 0 Å². The Bertz CT molecular complexity index is 1290. The summed E-state index contributed by atoms with van der Waals surface area (Å²) < 4.78 is 29.6. The van der Waals surface area contributed by atoms with Crippen molar-refractivity contribution in [1.29, 1.82) is 5.26 Å². The number of hydrogen-bond donors (Lipinski definition) is 2. The van der Waals surface area contributed by atoms with Crippen molar-refractivity contribution < 1.29 is 22.7 Å². The number of carbonyl (C=O) groups excluding carboxylic acids is 2. The number of nitrogens with one attached hydrogen (secondary N) is 1. The van der Waals surface area contributed by atoms with Crippen LogP contribution in [0.1, 0.15) is 21.5 Å². The first-order chi connectivity index (χ1) is 14.7. The summed E-state index contributed by atoms with van der Waals surface area (Å²) in [7, 11) is -4.02. The Hall–Kier alpha value is -4.01. The molecule has 0 aliphatic rings. The summed E-state index contributed by atoms with van der Waals surface area (Å²) in [5, 5.41) is 21.0. The molecule has 3 aromatic rings. The summed E-state index contributed by atoms with van der Waals surface area (Å²) in [6.45, 7) is 0.868. The number of primary sulfonamides is 1. The molecule has 0 fully saturated rings. The van der Waals surface area contributed by atoms with Crippen molar-refractivity contribution in [3.63, 3.8) is 0 Å². The molecule has 0 atom stereocenters. The minimum Gasteiger partial charge on any atom is -0.452 e. The molecular weight excluding hydrogens is 422 g/mol. The topological polar surface area (TPSA) is 157 Å². The van der Waals surface area contributed by atoms with Crippen molar-refractivity contribution in [2.45, 2.75) is 11.8 Å². The third-order valence-electron chi connectivity index (χ3n) is 4.21. The second-order valence-electron chi connectivity index (χ2n) is 6.42. The molecule has 1 heterocycles. The van der Waals surface area contributed by atoms with Crippen LogP contribution in [0.3, 0.4) is 0 Å². The second kappa shape index (κ2) is 8.78. The number of para-hydroxylation sites is 1. The first kappa shape index (κ1) is 21.7. The molecule has 31 heavy (non-hydrogen) atoms. The fourth-order valence-corrected chi connectivity index (χ4v) is 3.54. The van der Waals surface area contributed by atoms with Crippen LogP contribution >= 0.6 is 0 Å². The van der Waals surface area contributed by atoms with Crippen LogP contribution in [0.15, 0.2) is 59.6 Å². The average Bonchev–Trinajstić information content (AvgIpc) is 3.14. The maximum absolute atomic E-state index is 12.3. The Morgan fingerprint density at radius 2 is 1.94 bits per heavy atom. The van der Waals surface area contributed by atoms with Gasteiger partial charge in [0.15, 0.2) is 12.4 Å². The molecule has 3 N–H and O–H groups in total. The van der Waals surface area contributed by atoms with E-state index < -0.39 is 28.5 Å². The lowest BCUT2D eigenvalue weighted by Crippen LogP contribution is -2.23. The molecule has 0 radical (unpaired) electrons. The van der Waals surface area contributed by atoms with Crippen LogP contribution in [0, 0.1) is 18.3 Å². The number of nitrogens with zero attached hydrogens (tertiary/aromatic N) is 3. The Morgan fingerprint density at radius 1 is 1.23 bits per heavy atom. The lowest BCUT2D eigenvalue weighted by Gasteiger charge is -2.10. The summed E-state index contributed by atoms with van der Waals surface area (Å²) in [5.74, 6) is -1.49. The molecule has 2 aromatic carbocycles. The number of carbonyl (C=O) groups is 2. The molecule has 0 unspecified atom stereocenters. The van der Waals surface area contributed by atoms with E-state index in [1.165, 1.54) is 29.9 Å². The van der Waals surface area contributed by atoms with E-state index in [1.54, 1.807) is 24.3 Å². The van der Waals surface area contributed by atoms with Crippen molar-refractivity contribution in [1.82, 2.24) is 9.78 Å². The number of aryl methyl sites for hydroxylation is 1. The van der Waals surface area contributed by atoms with Gasteiger partial charge in [-0.25, -0.2) is 23.0 Å². The zero-order valence-corrected chi connectivity index (χ0v) is 17.1. The van der Waals surface area contributed by atoms with Gasteiger partial charge in [-0.2, -0.15) is 10.4 Å². The van der Waals surface area contributed by atoms with Gasteiger partial charge >= 0.3 is 5.97 Å². The molecule has 158 valence electrons. The molecule has 0 bridgehead atoms. The number of nitriles is 1. The lowest BCUT2D eigenvalue weighted by molar-refractivity contribution is -0.119.